The van der Waals surface area contributed by atoms with Gasteiger partial charge in [0, 0.05) is 0 Å². The average Bonchev–Trinajstić information content (AvgIpc) is 2.44. The zero-order valence-corrected chi connectivity index (χ0v) is 15.8. The molecule has 128 valence electrons. The summed E-state index contributed by atoms with van der Waals surface area (Å²) in [5.41, 5.74) is 2.77. The molecule has 1 aliphatic rings. The molecule has 22 heavy (non-hydrogen) atoms. The van der Waals surface area contributed by atoms with Gasteiger partial charge in [-0.05, 0) is 38.0 Å². The van der Waals surface area contributed by atoms with Crippen LogP contribution in [0.15, 0.2) is 23.8 Å². The molecule has 0 nitrogen and oxygen atoms in total. The van der Waals surface area contributed by atoms with Crippen LogP contribution >= 0.6 is 0 Å². The molecular formula is C22H40. The fourth-order valence-corrected chi connectivity index (χ4v) is 4.11. The van der Waals surface area contributed by atoms with Gasteiger partial charge in [-0.3, -0.25) is 0 Å². The normalized spacial score (nSPS) is 30.5. The predicted octanol–water partition coefficient (Wildman–Crippen LogP) is 7.70. The van der Waals surface area contributed by atoms with Crippen molar-refractivity contribution in [2.45, 2.75) is 98.3 Å². The smallest absolute Gasteiger partial charge is 0.0177 e. The van der Waals surface area contributed by atoms with E-state index >= 15 is 0 Å². The van der Waals surface area contributed by atoms with Crippen LogP contribution in [-0.2, 0) is 0 Å². The topological polar surface area (TPSA) is 0 Å². The van der Waals surface area contributed by atoms with Crippen LogP contribution in [-0.4, -0.2) is 0 Å². The van der Waals surface area contributed by atoms with Crippen molar-refractivity contribution in [3.63, 3.8) is 0 Å². The van der Waals surface area contributed by atoms with Crippen molar-refractivity contribution in [1.29, 1.82) is 0 Å². The summed E-state index contributed by atoms with van der Waals surface area (Å²) in [5, 5.41) is 0. The summed E-state index contributed by atoms with van der Waals surface area (Å²) in [6.45, 7) is 13.5. The van der Waals surface area contributed by atoms with Crippen molar-refractivity contribution in [1.82, 2.24) is 0 Å². The quantitative estimate of drug-likeness (QED) is 0.458. The van der Waals surface area contributed by atoms with Crippen LogP contribution in [0.1, 0.15) is 98.3 Å². The average molecular weight is 305 g/mol. The van der Waals surface area contributed by atoms with Crippen LogP contribution in [0, 0.1) is 17.8 Å². The maximum Gasteiger partial charge on any atom is -0.0177 e. The van der Waals surface area contributed by atoms with Gasteiger partial charge >= 0.3 is 0 Å². The van der Waals surface area contributed by atoms with Gasteiger partial charge in [-0.15, -0.1) is 0 Å². The van der Waals surface area contributed by atoms with Crippen molar-refractivity contribution in [2.75, 3.05) is 0 Å². The van der Waals surface area contributed by atoms with E-state index in [9.17, 15) is 0 Å². The first-order valence-corrected chi connectivity index (χ1v) is 9.84. The third-order valence-corrected chi connectivity index (χ3v) is 5.57. The highest BCUT2D eigenvalue weighted by Crippen LogP contribution is 2.32. The molecule has 0 aromatic carbocycles. The molecule has 0 bridgehead atoms. The maximum atomic E-state index is 4.08. The number of rotatable bonds is 2. The van der Waals surface area contributed by atoms with Gasteiger partial charge in [0.05, 0.1) is 0 Å². The van der Waals surface area contributed by atoms with Gasteiger partial charge in [-0.2, -0.15) is 0 Å². The van der Waals surface area contributed by atoms with E-state index in [4.69, 9.17) is 0 Å². The van der Waals surface area contributed by atoms with Crippen LogP contribution in [0.2, 0.25) is 0 Å². The van der Waals surface area contributed by atoms with Gasteiger partial charge in [0.1, 0.15) is 0 Å². The summed E-state index contributed by atoms with van der Waals surface area (Å²) in [7, 11) is 0. The third-order valence-electron chi connectivity index (χ3n) is 5.57. The van der Waals surface area contributed by atoms with E-state index in [1.165, 1.54) is 76.2 Å². The monoisotopic (exact) mass is 304 g/mol. The Balaban J connectivity index is 2.68. The molecule has 0 amide bonds. The van der Waals surface area contributed by atoms with Crippen LogP contribution in [0.4, 0.5) is 0 Å². The van der Waals surface area contributed by atoms with Crippen molar-refractivity contribution >= 4 is 0 Å². The highest BCUT2D eigenvalue weighted by molar-refractivity contribution is 5.19. The van der Waals surface area contributed by atoms with Gasteiger partial charge in [0.2, 0.25) is 0 Å². The first-order chi connectivity index (χ1) is 10.5. The Morgan fingerprint density at radius 2 is 1.32 bits per heavy atom. The SMILES string of the molecule is C=C(C)C=C(C)C1CCC(C)CCCCCCCCCC1C. The number of allylic oxidation sites excluding steroid dienone is 3. The summed E-state index contributed by atoms with van der Waals surface area (Å²) in [6.07, 6.45) is 18.1. The first kappa shape index (κ1) is 19.5. The third kappa shape index (κ3) is 8.20. The van der Waals surface area contributed by atoms with Gasteiger partial charge in [0.25, 0.3) is 0 Å². The minimum atomic E-state index is 0.766. The van der Waals surface area contributed by atoms with E-state index in [-0.39, 0.29) is 0 Å². The Morgan fingerprint density at radius 1 is 0.773 bits per heavy atom. The number of hydrogen-bond donors (Lipinski definition) is 0. The molecule has 0 aliphatic heterocycles. The molecule has 0 aromatic heterocycles. The summed E-state index contributed by atoms with van der Waals surface area (Å²) in [6, 6.07) is 0. The van der Waals surface area contributed by atoms with Crippen LogP contribution in [0.5, 0.6) is 0 Å². The Hall–Kier alpha value is -0.520. The van der Waals surface area contributed by atoms with Crippen LogP contribution in [0.25, 0.3) is 0 Å². The van der Waals surface area contributed by atoms with Crippen LogP contribution < -0.4 is 0 Å². The van der Waals surface area contributed by atoms with E-state index < -0.39 is 0 Å². The second kappa shape index (κ2) is 11.1. The highest BCUT2D eigenvalue weighted by Gasteiger charge is 2.20. The lowest BCUT2D eigenvalue weighted by Crippen LogP contribution is -2.15. The molecule has 1 rings (SSSR count). The van der Waals surface area contributed by atoms with Crippen LogP contribution in [0.3, 0.4) is 0 Å². The summed E-state index contributed by atoms with van der Waals surface area (Å²) < 4.78 is 0. The fraction of sp³-hybridized carbons (Fsp3) is 0.818. The lowest BCUT2D eigenvalue weighted by atomic mass is 9.79. The fourth-order valence-electron chi connectivity index (χ4n) is 4.11. The Labute approximate surface area is 140 Å². The largest absolute Gasteiger partial charge is 0.0961 e. The molecule has 0 spiro atoms. The molecule has 0 heteroatoms. The lowest BCUT2D eigenvalue weighted by molar-refractivity contribution is 0.313. The molecule has 3 unspecified atom stereocenters. The minimum Gasteiger partial charge on any atom is -0.0961 e. The first-order valence-electron chi connectivity index (χ1n) is 9.84. The molecule has 0 N–H and O–H groups in total. The van der Waals surface area contributed by atoms with Gasteiger partial charge in [0.15, 0.2) is 0 Å². The maximum absolute atomic E-state index is 4.08. The van der Waals surface area contributed by atoms with Crippen molar-refractivity contribution in [3.05, 3.63) is 23.8 Å². The summed E-state index contributed by atoms with van der Waals surface area (Å²) >= 11 is 0. The minimum absolute atomic E-state index is 0.766. The molecule has 0 saturated heterocycles. The second-order valence-corrected chi connectivity index (χ2v) is 8.05. The lowest BCUT2D eigenvalue weighted by Gasteiger charge is -2.27. The second-order valence-electron chi connectivity index (χ2n) is 8.05. The van der Waals surface area contributed by atoms with Crippen molar-refractivity contribution in [2.24, 2.45) is 17.8 Å². The number of hydrogen-bond acceptors (Lipinski definition) is 0. The van der Waals surface area contributed by atoms with E-state index in [1.807, 2.05) is 0 Å². The Bertz CT molecular complexity index is 336. The van der Waals surface area contributed by atoms with E-state index in [0.29, 0.717) is 0 Å². The molecule has 1 saturated carbocycles. The molecule has 3 atom stereocenters. The molecular weight excluding hydrogens is 264 g/mol. The molecule has 1 aliphatic carbocycles. The summed E-state index contributed by atoms with van der Waals surface area (Å²) in [5.74, 6) is 2.49. The van der Waals surface area contributed by atoms with Gasteiger partial charge < -0.3 is 0 Å². The molecule has 0 aromatic rings. The molecule has 0 heterocycles. The predicted molar refractivity (Wildman–Crippen MR) is 101 cm³/mol. The van der Waals surface area contributed by atoms with Crippen molar-refractivity contribution < 1.29 is 0 Å². The zero-order valence-electron chi connectivity index (χ0n) is 15.8. The summed E-state index contributed by atoms with van der Waals surface area (Å²) in [4.78, 5) is 0. The Morgan fingerprint density at radius 3 is 1.91 bits per heavy atom. The molecule has 0 radical (unpaired) electrons. The Kier molecular flexibility index (Phi) is 9.84. The molecule has 1 fully saturated rings. The highest BCUT2D eigenvalue weighted by atomic mass is 14.2. The zero-order chi connectivity index (χ0) is 16.4. The van der Waals surface area contributed by atoms with Gasteiger partial charge in [-0.25, -0.2) is 0 Å². The van der Waals surface area contributed by atoms with Crippen molar-refractivity contribution in [3.8, 4) is 0 Å². The van der Waals surface area contributed by atoms with Gasteiger partial charge in [-0.1, -0.05) is 102 Å². The van der Waals surface area contributed by atoms with E-state index in [0.717, 1.165) is 17.8 Å². The van der Waals surface area contributed by atoms with E-state index in [1.54, 1.807) is 5.57 Å². The van der Waals surface area contributed by atoms with E-state index in [2.05, 4.69) is 40.3 Å². The standard InChI is InChI=1S/C22H40/c1-18(2)17-21(5)22-16-15-19(3)13-11-9-7-6-8-10-12-14-20(22)4/h17,19-20,22H,1,6-16H2,2-5H3.